The summed E-state index contributed by atoms with van der Waals surface area (Å²) in [6.45, 7) is 2.98. The van der Waals surface area contributed by atoms with Crippen molar-refractivity contribution in [3.63, 3.8) is 0 Å². The molecule has 1 aliphatic heterocycles. The van der Waals surface area contributed by atoms with Gasteiger partial charge in [-0.3, -0.25) is 9.59 Å². The first kappa shape index (κ1) is 21.7. The van der Waals surface area contributed by atoms with Crippen LogP contribution < -0.4 is 9.47 Å². The molecule has 2 aromatic rings. The van der Waals surface area contributed by atoms with Crippen LogP contribution in [-0.2, 0) is 20.7 Å². The first-order valence-electron chi connectivity index (χ1n) is 10.3. The zero-order chi connectivity index (χ0) is 21.4. The van der Waals surface area contributed by atoms with E-state index < -0.39 is 5.41 Å². The summed E-state index contributed by atoms with van der Waals surface area (Å²) in [6, 6.07) is 16.9. The van der Waals surface area contributed by atoms with Crippen molar-refractivity contribution in [3.05, 3.63) is 60.2 Å². The third-order valence-electron chi connectivity index (χ3n) is 5.42. The SMILES string of the molecule is CCOC(=O)[C@@]1(Cc2cccc(OC)c2)CCCN(C(=O)COc2ccccc2)C1. The molecule has 0 bridgehead atoms. The van der Waals surface area contributed by atoms with Crippen LogP contribution in [-0.4, -0.2) is 50.2 Å². The average Bonchev–Trinajstić information content (AvgIpc) is 2.78. The molecule has 0 saturated carbocycles. The van der Waals surface area contributed by atoms with Crippen molar-refractivity contribution in [1.82, 2.24) is 4.90 Å². The predicted molar refractivity (Wildman–Crippen MR) is 114 cm³/mol. The van der Waals surface area contributed by atoms with Crippen molar-refractivity contribution in [2.24, 2.45) is 5.41 Å². The third-order valence-corrected chi connectivity index (χ3v) is 5.42. The van der Waals surface area contributed by atoms with E-state index in [9.17, 15) is 9.59 Å². The predicted octanol–water partition coefficient (Wildman–Crippen LogP) is 3.49. The summed E-state index contributed by atoms with van der Waals surface area (Å²) in [4.78, 5) is 27.6. The minimum Gasteiger partial charge on any atom is -0.497 e. The Hall–Kier alpha value is -3.02. The monoisotopic (exact) mass is 411 g/mol. The van der Waals surface area contributed by atoms with Crippen molar-refractivity contribution in [2.75, 3.05) is 33.4 Å². The van der Waals surface area contributed by atoms with E-state index in [0.717, 1.165) is 17.7 Å². The number of rotatable bonds is 8. The Labute approximate surface area is 177 Å². The Morgan fingerprint density at radius 1 is 1.07 bits per heavy atom. The molecule has 6 nitrogen and oxygen atoms in total. The molecule has 1 heterocycles. The van der Waals surface area contributed by atoms with E-state index in [2.05, 4.69) is 0 Å². The molecule has 3 rings (SSSR count). The molecule has 6 heteroatoms. The molecule has 30 heavy (non-hydrogen) atoms. The maximum atomic E-state index is 13.0. The van der Waals surface area contributed by atoms with Gasteiger partial charge in [0.15, 0.2) is 6.61 Å². The number of likely N-dealkylation sites (tertiary alicyclic amines) is 1. The molecule has 1 atom stereocenters. The smallest absolute Gasteiger partial charge is 0.314 e. The van der Waals surface area contributed by atoms with Gasteiger partial charge in [-0.15, -0.1) is 0 Å². The summed E-state index contributed by atoms with van der Waals surface area (Å²) in [7, 11) is 1.62. The molecule has 1 fully saturated rings. The molecule has 160 valence electrons. The molecular weight excluding hydrogens is 382 g/mol. The zero-order valence-electron chi connectivity index (χ0n) is 17.6. The standard InChI is InChI=1S/C24H29NO5/c1-3-29-23(27)24(16-19-9-7-12-21(15-19)28-2)13-8-14-25(18-24)22(26)17-30-20-10-5-4-6-11-20/h4-7,9-12,15H,3,8,13-14,16-18H2,1-2H3/t24-/m1/s1. The molecule has 0 N–H and O–H groups in total. The number of para-hydroxylation sites is 1. The third kappa shape index (κ3) is 5.32. The molecular formula is C24H29NO5. The maximum absolute atomic E-state index is 13.0. The van der Waals surface area contributed by atoms with Gasteiger partial charge in [0.1, 0.15) is 11.5 Å². The largest absolute Gasteiger partial charge is 0.497 e. The van der Waals surface area contributed by atoms with Crippen LogP contribution in [0.25, 0.3) is 0 Å². The Bertz CT molecular complexity index is 854. The zero-order valence-corrected chi connectivity index (χ0v) is 17.6. The molecule has 0 aliphatic carbocycles. The highest BCUT2D eigenvalue weighted by molar-refractivity contribution is 5.81. The van der Waals surface area contributed by atoms with Crippen LogP contribution >= 0.6 is 0 Å². The van der Waals surface area contributed by atoms with Crippen molar-refractivity contribution < 1.29 is 23.8 Å². The van der Waals surface area contributed by atoms with Crippen LogP contribution in [0.3, 0.4) is 0 Å². The fraction of sp³-hybridized carbons (Fsp3) is 0.417. The molecule has 1 amide bonds. The lowest BCUT2D eigenvalue weighted by molar-refractivity contribution is -0.161. The second kappa shape index (κ2) is 10.1. The first-order valence-corrected chi connectivity index (χ1v) is 10.3. The summed E-state index contributed by atoms with van der Waals surface area (Å²) >= 11 is 0. The summed E-state index contributed by atoms with van der Waals surface area (Å²) < 4.78 is 16.4. The fourth-order valence-corrected chi connectivity index (χ4v) is 3.94. The molecule has 0 spiro atoms. The van der Waals surface area contributed by atoms with Crippen molar-refractivity contribution >= 4 is 11.9 Å². The van der Waals surface area contributed by atoms with Crippen molar-refractivity contribution in [2.45, 2.75) is 26.2 Å². The molecule has 0 unspecified atom stereocenters. The Morgan fingerprint density at radius 2 is 1.83 bits per heavy atom. The van der Waals surface area contributed by atoms with Gasteiger partial charge in [-0.05, 0) is 56.0 Å². The summed E-state index contributed by atoms with van der Waals surface area (Å²) in [5.74, 6) is 1.01. The van der Waals surface area contributed by atoms with E-state index in [1.54, 1.807) is 18.9 Å². The fourth-order valence-electron chi connectivity index (χ4n) is 3.94. The highest BCUT2D eigenvalue weighted by atomic mass is 16.5. The van der Waals surface area contributed by atoms with Gasteiger partial charge in [0, 0.05) is 13.1 Å². The topological polar surface area (TPSA) is 65.1 Å². The van der Waals surface area contributed by atoms with E-state index >= 15 is 0 Å². The Morgan fingerprint density at radius 3 is 2.57 bits per heavy atom. The van der Waals surface area contributed by atoms with E-state index in [1.165, 1.54) is 0 Å². The minimum atomic E-state index is -0.775. The van der Waals surface area contributed by atoms with Gasteiger partial charge >= 0.3 is 5.97 Å². The highest BCUT2D eigenvalue weighted by Gasteiger charge is 2.44. The Kier molecular flexibility index (Phi) is 7.33. The number of ether oxygens (including phenoxy) is 3. The van der Waals surface area contributed by atoms with Gasteiger partial charge < -0.3 is 19.1 Å². The van der Waals surface area contributed by atoms with Gasteiger partial charge in [0.2, 0.25) is 0 Å². The summed E-state index contributed by atoms with van der Waals surface area (Å²) in [5.41, 5.74) is 0.209. The van der Waals surface area contributed by atoms with Crippen LogP contribution in [0.1, 0.15) is 25.3 Å². The van der Waals surface area contributed by atoms with Gasteiger partial charge in [-0.25, -0.2) is 0 Å². The molecule has 1 aliphatic rings. The summed E-state index contributed by atoms with van der Waals surface area (Å²) in [6.07, 6.45) is 1.90. The normalized spacial score (nSPS) is 18.5. The van der Waals surface area contributed by atoms with E-state index in [0.29, 0.717) is 38.3 Å². The first-order chi connectivity index (χ1) is 14.6. The van der Waals surface area contributed by atoms with E-state index in [4.69, 9.17) is 14.2 Å². The second-order valence-electron chi connectivity index (χ2n) is 7.55. The molecule has 1 saturated heterocycles. The summed E-state index contributed by atoms with van der Waals surface area (Å²) in [5, 5.41) is 0. The lowest BCUT2D eigenvalue weighted by Crippen LogP contribution is -2.52. The number of methoxy groups -OCH3 is 1. The molecule has 0 aromatic heterocycles. The van der Waals surface area contributed by atoms with E-state index in [-0.39, 0.29) is 18.5 Å². The van der Waals surface area contributed by atoms with Crippen LogP contribution in [0.15, 0.2) is 54.6 Å². The quantitative estimate of drug-likeness (QED) is 0.622. The molecule has 0 radical (unpaired) electrons. The van der Waals surface area contributed by atoms with Crippen LogP contribution in [0.5, 0.6) is 11.5 Å². The molecule has 2 aromatic carbocycles. The lowest BCUT2D eigenvalue weighted by atomic mass is 9.75. The minimum absolute atomic E-state index is 0.0535. The number of benzene rings is 2. The van der Waals surface area contributed by atoms with Crippen molar-refractivity contribution in [1.29, 1.82) is 0 Å². The number of piperidine rings is 1. The maximum Gasteiger partial charge on any atom is 0.314 e. The van der Waals surface area contributed by atoms with Gasteiger partial charge in [-0.2, -0.15) is 0 Å². The lowest BCUT2D eigenvalue weighted by Gasteiger charge is -2.41. The van der Waals surface area contributed by atoms with Crippen molar-refractivity contribution in [3.8, 4) is 11.5 Å². The van der Waals surface area contributed by atoms with Crippen LogP contribution in [0, 0.1) is 5.41 Å². The van der Waals surface area contributed by atoms with Crippen LogP contribution in [0.4, 0.5) is 0 Å². The number of amides is 1. The van der Waals surface area contributed by atoms with Gasteiger partial charge in [0.25, 0.3) is 5.91 Å². The number of nitrogens with zero attached hydrogens (tertiary/aromatic N) is 1. The van der Waals surface area contributed by atoms with Crippen LogP contribution in [0.2, 0.25) is 0 Å². The van der Waals surface area contributed by atoms with Gasteiger partial charge in [0.05, 0.1) is 19.1 Å². The number of hydrogen-bond donors (Lipinski definition) is 0. The average molecular weight is 411 g/mol. The Balaban J connectivity index is 1.75. The van der Waals surface area contributed by atoms with Gasteiger partial charge in [-0.1, -0.05) is 30.3 Å². The number of carbonyl (C=O) groups excluding carboxylic acids is 2. The number of hydrogen-bond acceptors (Lipinski definition) is 5. The number of esters is 1. The van der Waals surface area contributed by atoms with E-state index in [1.807, 2.05) is 54.6 Å². The highest BCUT2D eigenvalue weighted by Crippen LogP contribution is 2.36. The second-order valence-corrected chi connectivity index (χ2v) is 7.55. The number of carbonyl (C=O) groups is 2.